The molecule has 2 fully saturated rings. The molecule has 2 saturated carbocycles. The van der Waals surface area contributed by atoms with Crippen LogP contribution in [-0.2, 0) is 9.47 Å². The van der Waals surface area contributed by atoms with E-state index in [2.05, 4.69) is 55.8 Å². The minimum Gasteiger partial charge on any atom is -0.444 e. The third-order valence-electron chi connectivity index (χ3n) is 3.60. The standard InChI is InChI=1S/2C9H16INO2/c2*1-9(2,3)13-8(12)11-7-4-6(10)5-7/h2*6-7H,4-5H2,1-3H3,(H,11,12). The summed E-state index contributed by atoms with van der Waals surface area (Å²) in [7, 11) is 0. The smallest absolute Gasteiger partial charge is 0.407 e. The largest absolute Gasteiger partial charge is 0.444 e. The zero-order chi connectivity index (χ0) is 20.1. The summed E-state index contributed by atoms with van der Waals surface area (Å²) in [6, 6.07) is 0.661. The van der Waals surface area contributed by atoms with Crippen LogP contribution in [0.3, 0.4) is 0 Å². The molecule has 0 bridgehead atoms. The predicted molar refractivity (Wildman–Crippen MR) is 120 cm³/mol. The molecular weight excluding hydrogens is 562 g/mol. The fourth-order valence-electron chi connectivity index (χ4n) is 2.28. The maximum absolute atomic E-state index is 11.2. The van der Waals surface area contributed by atoms with Crippen LogP contribution < -0.4 is 10.6 Å². The minimum atomic E-state index is -0.391. The van der Waals surface area contributed by atoms with E-state index in [0.717, 1.165) is 33.5 Å². The summed E-state index contributed by atoms with van der Waals surface area (Å²) >= 11 is 4.78. The van der Waals surface area contributed by atoms with Crippen LogP contribution >= 0.6 is 45.2 Å². The molecule has 2 aliphatic carbocycles. The fraction of sp³-hybridized carbons (Fsp3) is 0.889. The van der Waals surface area contributed by atoms with Crippen molar-refractivity contribution in [3.63, 3.8) is 0 Å². The van der Waals surface area contributed by atoms with Gasteiger partial charge in [-0.15, -0.1) is 0 Å². The zero-order valence-electron chi connectivity index (χ0n) is 16.5. The fourth-order valence-corrected chi connectivity index (χ4v) is 4.74. The molecule has 0 heterocycles. The number of hydrogen-bond acceptors (Lipinski definition) is 4. The van der Waals surface area contributed by atoms with Crippen molar-refractivity contribution in [2.45, 2.75) is 98.4 Å². The Labute approximate surface area is 184 Å². The summed E-state index contributed by atoms with van der Waals surface area (Å²) in [4.78, 5) is 22.5. The Kier molecular flexibility index (Phi) is 9.22. The van der Waals surface area contributed by atoms with Gasteiger partial charge in [0.25, 0.3) is 0 Å². The predicted octanol–water partition coefficient (Wildman–Crippen LogP) is 4.95. The quantitative estimate of drug-likeness (QED) is 0.351. The van der Waals surface area contributed by atoms with Gasteiger partial charge in [0.05, 0.1) is 0 Å². The van der Waals surface area contributed by atoms with Crippen LogP contribution in [0.1, 0.15) is 67.2 Å². The highest BCUT2D eigenvalue weighted by atomic mass is 127. The molecule has 2 N–H and O–H groups in total. The Hall–Kier alpha value is 0. The van der Waals surface area contributed by atoms with Crippen LogP contribution in [0.4, 0.5) is 9.59 Å². The van der Waals surface area contributed by atoms with E-state index in [9.17, 15) is 9.59 Å². The van der Waals surface area contributed by atoms with Crippen LogP contribution in [0.5, 0.6) is 0 Å². The first kappa shape index (κ1) is 24.0. The van der Waals surface area contributed by atoms with Crippen molar-refractivity contribution in [3.05, 3.63) is 0 Å². The second-order valence-corrected chi connectivity index (χ2v) is 12.3. The molecule has 2 aliphatic rings. The number of hydrogen-bond donors (Lipinski definition) is 2. The molecular formula is C18H32I2N2O4. The van der Waals surface area contributed by atoms with Crippen LogP contribution in [0.2, 0.25) is 0 Å². The molecule has 26 heavy (non-hydrogen) atoms. The van der Waals surface area contributed by atoms with Crippen molar-refractivity contribution in [1.82, 2.24) is 10.6 Å². The highest BCUT2D eigenvalue weighted by molar-refractivity contribution is 14.1. The first-order valence-corrected chi connectivity index (χ1v) is 11.5. The van der Waals surface area contributed by atoms with E-state index in [1.54, 1.807) is 0 Å². The minimum absolute atomic E-state index is 0.291. The number of carbonyl (C=O) groups is 2. The molecule has 0 aromatic heterocycles. The van der Waals surface area contributed by atoms with E-state index >= 15 is 0 Å². The lowest BCUT2D eigenvalue weighted by Gasteiger charge is -2.32. The van der Waals surface area contributed by atoms with Gasteiger partial charge in [-0.3, -0.25) is 0 Å². The van der Waals surface area contributed by atoms with Crippen LogP contribution in [0, 0.1) is 0 Å². The molecule has 0 aromatic carbocycles. The lowest BCUT2D eigenvalue weighted by Crippen LogP contribution is -2.46. The van der Waals surface area contributed by atoms with Crippen molar-refractivity contribution < 1.29 is 19.1 Å². The third kappa shape index (κ3) is 11.0. The summed E-state index contributed by atoms with van der Waals surface area (Å²) in [5.41, 5.74) is -0.783. The van der Waals surface area contributed by atoms with Gasteiger partial charge in [-0.05, 0) is 67.2 Å². The number of rotatable bonds is 2. The van der Waals surface area contributed by atoms with Gasteiger partial charge in [0.1, 0.15) is 11.2 Å². The van der Waals surface area contributed by atoms with Crippen molar-refractivity contribution in [3.8, 4) is 0 Å². The molecule has 0 aromatic rings. The molecule has 0 spiro atoms. The van der Waals surface area contributed by atoms with Crippen molar-refractivity contribution in [2.24, 2.45) is 0 Å². The van der Waals surface area contributed by atoms with Crippen LogP contribution in [0.15, 0.2) is 0 Å². The average Bonchev–Trinajstić information content (AvgIpc) is 2.31. The first-order valence-electron chi connectivity index (χ1n) is 9.00. The summed E-state index contributed by atoms with van der Waals surface area (Å²) in [5.74, 6) is 0. The molecule has 0 unspecified atom stereocenters. The highest BCUT2D eigenvalue weighted by Gasteiger charge is 2.30. The highest BCUT2D eigenvalue weighted by Crippen LogP contribution is 2.28. The molecule has 0 atom stereocenters. The molecule has 6 nitrogen and oxygen atoms in total. The first-order chi connectivity index (χ1) is 11.7. The number of carbonyl (C=O) groups excluding carboxylic acids is 2. The second kappa shape index (κ2) is 9.97. The summed E-state index contributed by atoms with van der Waals surface area (Å²) in [6.45, 7) is 11.2. The van der Waals surface area contributed by atoms with Crippen molar-refractivity contribution in [2.75, 3.05) is 0 Å². The Morgan fingerprint density at radius 3 is 1.19 bits per heavy atom. The molecule has 0 saturated heterocycles. The molecule has 152 valence electrons. The number of alkyl carbamates (subject to hydrolysis) is 2. The SMILES string of the molecule is CC(C)(C)OC(=O)NC1CC(I)C1.CC(C)(C)OC(=O)NC1CC(I)C1. The van der Waals surface area contributed by atoms with Crippen LogP contribution in [-0.4, -0.2) is 43.3 Å². The number of alkyl halides is 2. The van der Waals surface area contributed by atoms with E-state index in [1.807, 2.05) is 41.5 Å². The van der Waals surface area contributed by atoms with Gasteiger partial charge in [-0.1, -0.05) is 45.2 Å². The third-order valence-corrected chi connectivity index (χ3v) is 5.64. The monoisotopic (exact) mass is 594 g/mol. The van der Waals surface area contributed by atoms with Gasteiger partial charge in [-0.25, -0.2) is 9.59 Å². The normalized spacial score (nSPS) is 27.7. The van der Waals surface area contributed by atoms with Gasteiger partial charge >= 0.3 is 12.2 Å². The molecule has 0 aliphatic heterocycles. The number of amides is 2. The average molecular weight is 594 g/mol. The summed E-state index contributed by atoms with van der Waals surface area (Å²) in [5, 5.41) is 5.67. The maximum Gasteiger partial charge on any atom is 0.407 e. The number of ether oxygens (including phenoxy) is 2. The van der Waals surface area contributed by atoms with Crippen molar-refractivity contribution >= 4 is 57.4 Å². The van der Waals surface area contributed by atoms with Gasteiger partial charge in [0.15, 0.2) is 0 Å². The molecule has 0 radical (unpaired) electrons. The van der Waals surface area contributed by atoms with Gasteiger partial charge in [-0.2, -0.15) is 0 Å². The van der Waals surface area contributed by atoms with Gasteiger partial charge in [0, 0.05) is 19.9 Å². The van der Waals surface area contributed by atoms with E-state index in [4.69, 9.17) is 9.47 Å². The van der Waals surface area contributed by atoms with Gasteiger partial charge < -0.3 is 20.1 Å². The zero-order valence-corrected chi connectivity index (χ0v) is 20.8. The van der Waals surface area contributed by atoms with E-state index in [1.165, 1.54) is 0 Å². The lowest BCUT2D eigenvalue weighted by molar-refractivity contribution is 0.0471. The number of halogens is 2. The van der Waals surface area contributed by atoms with Crippen LogP contribution in [0.25, 0.3) is 0 Å². The van der Waals surface area contributed by atoms with Gasteiger partial charge in [0.2, 0.25) is 0 Å². The Balaban J connectivity index is 0.000000260. The summed E-state index contributed by atoms with van der Waals surface area (Å²) < 4.78 is 11.7. The van der Waals surface area contributed by atoms with Crippen molar-refractivity contribution in [1.29, 1.82) is 0 Å². The summed E-state index contributed by atoms with van der Waals surface area (Å²) in [6.07, 6.45) is 3.70. The van der Waals surface area contributed by atoms with E-state index in [-0.39, 0.29) is 12.2 Å². The molecule has 8 heteroatoms. The molecule has 2 amide bonds. The molecule has 2 rings (SSSR count). The number of nitrogens with one attached hydrogen (secondary N) is 2. The Bertz CT molecular complexity index is 433. The second-order valence-electron chi connectivity index (χ2n) is 8.82. The van der Waals surface area contributed by atoms with E-state index in [0.29, 0.717) is 12.1 Å². The lowest BCUT2D eigenvalue weighted by atomic mass is 9.93. The topological polar surface area (TPSA) is 76.7 Å². The van der Waals surface area contributed by atoms with E-state index < -0.39 is 11.2 Å². The maximum atomic E-state index is 11.2. The Morgan fingerprint density at radius 1 is 0.731 bits per heavy atom. The Morgan fingerprint density at radius 2 is 1.00 bits per heavy atom.